The van der Waals surface area contributed by atoms with E-state index < -0.39 is 5.97 Å². The molecule has 2 nitrogen and oxygen atoms in total. The lowest BCUT2D eigenvalue weighted by Crippen LogP contribution is -1.98. The zero-order valence-corrected chi connectivity index (χ0v) is 9.97. The SMILES string of the molecule is Cc1ccc(C(=O)O)c(-c2ccc(C)s2)c1. The van der Waals surface area contributed by atoms with E-state index in [1.165, 1.54) is 4.88 Å². The van der Waals surface area contributed by atoms with Crippen LogP contribution in [0.3, 0.4) is 0 Å². The maximum absolute atomic E-state index is 11.1. The first kappa shape index (κ1) is 10.9. The van der Waals surface area contributed by atoms with Crippen LogP contribution in [0.25, 0.3) is 10.4 Å². The smallest absolute Gasteiger partial charge is 0.336 e. The topological polar surface area (TPSA) is 37.3 Å². The van der Waals surface area contributed by atoms with Crippen LogP contribution in [0.4, 0.5) is 0 Å². The van der Waals surface area contributed by atoms with Gasteiger partial charge in [-0.1, -0.05) is 11.6 Å². The Morgan fingerprint density at radius 2 is 1.94 bits per heavy atom. The summed E-state index contributed by atoms with van der Waals surface area (Å²) in [5.74, 6) is -0.874. The highest BCUT2D eigenvalue weighted by Gasteiger charge is 2.12. The summed E-state index contributed by atoms with van der Waals surface area (Å²) in [6.45, 7) is 3.99. The Morgan fingerprint density at radius 3 is 2.50 bits per heavy atom. The Kier molecular flexibility index (Phi) is 2.79. The Morgan fingerprint density at radius 1 is 1.19 bits per heavy atom. The van der Waals surface area contributed by atoms with Crippen LogP contribution in [0, 0.1) is 13.8 Å². The van der Waals surface area contributed by atoms with Crippen molar-refractivity contribution in [3.63, 3.8) is 0 Å². The maximum Gasteiger partial charge on any atom is 0.336 e. The lowest BCUT2D eigenvalue weighted by atomic mass is 10.0. The van der Waals surface area contributed by atoms with E-state index in [4.69, 9.17) is 5.11 Å². The van der Waals surface area contributed by atoms with Gasteiger partial charge in [-0.05, 0) is 38.1 Å². The minimum absolute atomic E-state index is 0.368. The van der Waals surface area contributed by atoms with Gasteiger partial charge in [-0.2, -0.15) is 0 Å². The molecule has 0 saturated heterocycles. The Bertz CT molecular complexity index is 541. The van der Waals surface area contributed by atoms with Gasteiger partial charge in [0.15, 0.2) is 0 Å². The van der Waals surface area contributed by atoms with Crippen LogP contribution < -0.4 is 0 Å². The standard InChI is InChI=1S/C13H12O2S/c1-8-3-5-10(13(14)15)11(7-8)12-6-4-9(2)16-12/h3-7H,1-2H3,(H,14,15). The number of hydrogen-bond acceptors (Lipinski definition) is 2. The van der Waals surface area contributed by atoms with Gasteiger partial charge in [-0.15, -0.1) is 11.3 Å². The third-order valence-corrected chi connectivity index (χ3v) is 3.45. The third-order valence-electron chi connectivity index (χ3n) is 2.41. The normalized spacial score (nSPS) is 10.4. The van der Waals surface area contributed by atoms with Crippen LogP contribution in [-0.4, -0.2) is 11.1 Å². The number of hydrogen-bond donors (Lipinski definition) is 1. The molecule has 1 N–H and O–H groups in total. The molecule has 0 unspecified atom stereocenters. The Balaban J connectivity index is 2.62. The molecule has 16 heavy (non-hydrogen) atoms. The zero-order valence-electron chi connectivity index (χ0n) is 9.15. The van der Waals surface area contributed by atoms with E-state index in [0.717, 1.165) is 16.0 Å². The van der Waals surface area contributed by atoms with Gasteiger partial charge < -0.3 is 5.11 Å². The molecule has 2 rings (SSSR count). The molecule has 0 fully saturated rings. The molecule has 0 spiro atoms. The molecule has 82 valence electrons. The molecule has 0 aliphatic rings. The fourth-order valence-electron chi connectivity index (χ4n) is 1.63. The maximum atomic E-state index is 11.1. The van der Waals surface area contributed by atoms with Crippen molar-refractivity contribution in [2.45, 2.75) is 13.8 Å². The summed E-state index contributed by atoms with van der Waals surface area (Å²) < 4.78 is 0. The van der Waals surface area contributed by atoms with Crippen molar-refractivity contribution in [3.8, 4) is 10.4 Å². The minimum Gasteiger partial charge on any atom is -0.478 e. The van der Waals surface area contributed by atoms with Crippen molar-refractivity contribution in [3.05, 3.63) is 46.3 Å². The number of aromatic carboxylic acids is 1. The number of carbonyl (C=O) groups is 1. The predicted molar refractivity (Wildman–Crippen MR) is 66.2 cm³/mol. The van der Waals surface area contributed by atoms with Crippen LogP contribution >= 0.6 is 11.3 Å². The quantitative estimate of drug-likeness (QED) is 0.856. The molecule has 0 amide bonds. The van der Waals surface area contributed by atoms with E-state index in [2.05, 4.69) is 0 Å². The van der Waals surface area contributed by atoms with Gasteiger partial charge in [0, 0.05) is 15.3 Å². The first-order valence-corrected chi connectivity index (χ1v) is 5.80. The number of carboxylic acid groups (broad SMARTS) is 1. The molecule has 1 aromatic carbocycles. The highest BCUT2D eigenvalue weighted by molar-refractivity contribution is 7.15. The Labute approximate surface area is 98.2 Å². The molecule has 0 saturated carbocycles. The Hall–Kier alpha value is -1.61. The van der Waals surface area contributed by atoms with Gasteiger partial charge in [0.1, 0.15) is 0 Å². The minimum atomic E-state index is -0.874. The lowest BCUT2D eigenvalue weighted by molar-refractivity contribution is 0.0698. The molecule has 1 aromatic heterocycles. The summed E-state index contributed by atoms with van der Waals surface area (Å²) in [5, 5.41) is 9.13. The second-order valence-electron chi connectivity index (χ2n) is 3.76. The largest absolute Gasteiger partial charge is 0.478 e. The molecule has 1 heterocycles. The van der Waals surface area contributed by atoms with Crippen molar-refractivity contribution in [1.29, 1.82) is 0 Å². The molecule has 0 atom stereocenters. The summed E-state index contributed by atoms with van der Waals surface area (Å²) >= 11 is 1.62. The van der Waals surface area contributed by atoms with Gasteiger partial charge in [0.25, 0.3) is 0 Å². The lowest BCUT2D eigenvalue weighted by Gasteiger charge is -2.04. The van der Waals surface area contributed by atoms with E-state index in [1.54, 1.807) is 17.4 Å². The molecular weight excluding hydrogens is 220 g/mol. The molecule has 0 radical (unpaired) electrons. The van der Waals surface area contributed by atoms with Crippen molar-refractivity contribution in [2.24, 2.45) is 0 Å². The molecule has 0 aliphatic carbocycles. The summed E-state index contributed by atoms with van der Waals surface area (Å²) in [5.41, 5.74) is 2.25. The average Bonchev–Trinajstić information content (AvgIpc) is 2.64. The molecule has 0 bridgehead atoms. The van der Waals surface area contributed by atoms with Gasteiger partial charge in [-0.25, -0.2) is 4.79 Å². The molecule has 2 aromatic rings. The first-order valence-electron chi connectivity index (χ1n) is 4.98. The van der Waals surface area contributed by atoms with E-state index in [0.29, 0.717) is 5.56 Å². The highest BCUT2D eigenvalue weighted by Crippen LogP contribution is 2.31. The van der Waals surface area contributed by atoms with E-state index in [-0.39, 0.29) is 0 Å². The number of rotatable bonds is 2. The van der Waals surface area contributed by atoms with Crippen molar-refractivity contribution >= 4 is 17.3 Å². The van der Waals surface area contributed by atoms with Crippen LogP contribution in [0.2, 0.25) is 0 Å². The first-order chi connectivity index (χ1) is 7.58. The van der Waals surface area contributed by atoms with Crippen LogP contribution in [0.15, 0.2) is 30.3 Å². The van der Waals surface area contributed by atoms with Crippen molar-refractivity contribution in [2.75, 3.05) is 0 Å². The van der Waals surface area contributed by atoms with E-state index in [1.807, 2.05) is 38.1 Å². The summed E-state index contributed by atoms with van der Waals surface area (Å²) in [7, 11) is 0. The van der Waals surface area contributed by atoms with E-state index >= 15 is 0 Å². The van der Waals surface area contributed by atoms with Crippen molar-refractivity contribution in [1.82, 2.24) is 0 Å². The van der Waals surface area contributed by atoms with Crippen LogP contribution in [0.1, 0.15) is 20.8 Å². The number of thiophene rings is 1. The number of benzene rings is 1. The van der Waals surface area contributed by atoms with E-state index in [9.17, 15) is 4.79 Å². The van der Waals surface area contributed by atoms with Crippen molar-refractivity contribution < 1.29 is 9.90 Å². The van der Waals surface area contributed by atoms with Gasteiger partial charge in [0.2, 0.25) is 0 Å². The second-order valence-corrected chi connectivity index (χ2v) is 5.05. The zero-order chi connectivity index (χ0) is 11.7. The fourth-order valence-corrected chi connectivity index (χ4v) is 2.53. The predicted octanol–water partition coefficient (Wildman–Crippen LogP) is 3.73. The molecular formula is C13H12O2S. The molecule has 3 heteroatoms. The monoisotopic (exact) mass is 232 g/mol. The summed E-state index contributed by atoms with van der Waals surface area (Å²) in [6.07, 6.45) is 0. The van der Waals surface area contributed by atoms with Crippen LogP contribution in [0.5, 0.6) is 0 Å². The summed E-state index contributed by atoms with van der Waals surface area (Å²) in [6, 6.07) is 9.40. The third kappa shape index (κ3) is 1.99. The van der Waals surface area contributed by atoms with Gasteiger partial charge in [-0.3, -0.25) is 0 Å². The number of aryl methyl sites for hydroxylation is 2. The fraction of sp³-hybridized carbons (Fsp3) is 0.154. The summed E-state index contributed by atoms with van der Waals surface area (Å²) in [4.78, 5) is 13.3. The van der Waals surface area contributed by atoms with Crippen LogP contribution in [-0.2, 0) is 0 Å². The van der Waals surface area contributed by atoms with Gasteiger partial charge >= 0.3 is 5.97 Å². The molecule has 0 aliphatic heterocycles. The second kappa shape index (κ2) is 4.10. The average molecular weight is 232 g/mol. The highest BCUT2D eigenvalue weighted by atomic mass is 32.1. The number of carboxylic acids is 1. The van der Waals surface area contributed by atoms with Gasteiger partial charge in [0.05, 0.1) is 5.56 Å².